The summed E-state index contributed by atoms with van der Waals surface area (Å²) < 4.78 is 10.8. The van der Waals surface area contributed by atoms with Crippen LogP contribution in [0.3, 0.4) is 0 Å². The molecule has 0 N–H and O–H groups in total. The van der Waals surface area contributed by atoms with Crippen molar-refractivity contribution in [3.63, 3.8) is 0 Å². The molecular formula is C21H21N3O6. The third kappa shape index (κ3) is 3.26. The van der Waals surface area contributed by atoms with Gasteiger partial charge in [0.1, 0.15) is 11.5 Å². The maximum atomic E-state index is 12.8. The number of imide groups is 1. The zero-order chi connectivity index (χ0) is 21.4. The number of carbonyl (C=O) groups is 2. The summed E-state index contributed by atoms with van der Waals surface area (Å²) >= 11 is 0. The predicted molar refractivity (Wildman–Crippen MR) is 107 cm³/mol. The number of likely N-dealkylation sites (tertiary alicyclic amines) is 1. The minimum atomic E-state index is -0.576. The molecule has 0 bridgehead atoms. The average Bonchev–Trinajstić information content (AvgIpc) is 3.31. The van der Waals surface area contributed by atoms with Gasteiger partial charge >= 0.3 is 0 Å². The largest absolute Gasteiger partial charge is 0.497 e. The highest BCUT2D eigenvalue weighted by Gasteiger charge is 2.40. The summed E-state index contributed by atoms with van der Waals surface area (Å²) in [7, 11) is 3.18. The van der Waals surface area contributed by atoms with Crippen LogP contribution in [-0.4, -0.2) is 54.0 Å². The van der Waals surface area contributed by atoms with Crippen molar-refractivity contribution in [1.29, 1.82) is 0 Å². The van der Waals surface area contributed by atoms with Crippen molar-refractivity contribution >= 4 is 17.5 Å². The first-order valence-electron chi connectivity index (χ1n) is 9.55. The Morgan fingerprint density at radius 3 is 2.53 bits per heavy atom. The average molecular weight is 411 g/mol. The lowest BCUT2D eigenvalue weighted by molar-refractivity contribution is -0.384. The molecule has 2 aromatic rings. The predicted octanol–water partition coefficient (Wildman–Crippen LogP) is 3.00. The van der Waals surface area contributed by atoms with Gasteiger partial charge in [0, 0.05) is 36.3 Å². The molecule has 0 unspecified atom stereocenters. The molecule has 0 aromatic heterocycles. The van der Waals surface area contributed by atoms with E-state index >= 15 is 0 Å². The number of carbonyl (C=O) groups excluding carboxylic acids is 2. The van der Waals surface area contributed by atoms with Gasteiger partial charge in [-0.05, 0) is 25.0 Å². The van der Waals surface area contributed by atoms with Gasteiger partial charge < -0.3 is 9.47 Å². The maximum Gasteiger partial charge on any atom is 0.270 e. The number of nitrogens with zero attached hydrogens (tertiary/aromatic N) is 3. The minimum Gasteiger partial charge on any atom is -0.497 e. The van der Waals surface area contributed by atoms with Gasteiger partial charge in [-0.3, -0.25) is 29.5 Å². The molecule has 0 radical (unpaired) electrons. The van der Waals surface area contributed by atoms with Crippen LogP contribution in [0.5, 0.6) is 11.5 Å². The fourth-order valence-corrected chi connectivity index (χ4v) is 4.14. The molecule has 2 amide bonds. The number of fused-ring (bicyclic) bond motifs is 1. The zero-order valence-electron chi connectivity index (χ0n) is 16.7. The first kappa shape index (κ1) is 19.8. The van der Waals surface area contributed by atoms with Crippen LogP contribution < -0.4 is 9.47 Å². The maximum absolute atomic E-state index is 12.8. The number of hydrogen-bond acceptors (Lipinski definition) is 7. The summed E-state index contributed by atoms with van der Waals surface area (Å²) in [6, 6.07) is 9.35. The molecule has 0 spiro atoms. The third-order valence-corrected chi connectivity index (χ3v) is 5.65. The van der Waals surface area contributed by atoms with Gasteiger partial charge in [0.15, 0.2) is 0 Å². The number of nitro groups is 1. The SMILES string of the molecule is COc1ccc([C@H]2CCCN2CN2C(=O)c3ccc([N+](=O)[O-])cc3C2=O)c(OC)c1. The molecule has 0 aliphatic carbocycles. The van der Waals surface area contributed by atoms with Crippen LogP contribution in [0.15, 0.2) is 36.4 Å². The summed E-state index contributed by atoms with van der Waals surface area (Å²) in [6.45, 7) is 0.827. The van der Waals surface area contributed by atoms with Crippen LogP contribution in [0.4, 0.5) is 5.69 Å². The lowest BCUT2D eigenvalue weighted by Gasteiger charge is -2.29. The Kier molecular flexibility index (Phi) is 5.13. The van der Waals surface area contributed by atoms with Crippen LogP contribution in [0.2, 0.25) is 0 Å². The number of hydrogen-bond donors (Lipinski definition) is 0. The Morgan fingerprint density at radius 2 is 1.83 bits per heavy atom. The first-order valence-corrected chi connectivity index (χ1v) is 9.55. The van der Waals surface area contributed by atoms with E-state index < -0.39 is 16.7 Å². The highest BCUT2D eigenvalue weighted by atomic mass is 16.6. The van der Waals surface area contributed by atoms with Crippen molar-refractivity contribution < 1.29 is 24.0 Å². The summed E-state index contributed by atoms with van der Waals surface area (Å²) in [4.78, 5) is 39.3. The van der Waals surface area contributed by atoms with E-state index in [0.717, 1.165) is 23.3 Å². The van der Waals surface area contributed by atoms with E-state index in [0.29, 0.717) is 18.0 Å². The number of nitro benzene ring substituents is 1. The smallest absolute Gasteiger partial charge is 0.270 e. The molecule has 2 aliphatic heterocycles. The number of methoxy groups -OCH3 is 2. The topological polar surface area (TPSA) is 102 Å². The van der Waals surface area contributed by atoms with Crippen LogP contribution in [0, 0.1) is 10.1 Å². The molecule has 9 nitrogen and oxygen atoms in total. The molecule has 1 saturated heterocycles. The highest BCUT2D eigenvalue weighted by molar-refractivity contribution is 6.21. The van der Waals surface area contributed by atoms with Gasteiger partial charge in [-0.15, -0.1) is 0 Å². The standard InChI is InChI=1S/C21H21N3O6/c1-29-14-6-8-16(19(11-14)30-2)18-4-3-9-22(18)12-23-20(25)15-7-5-13(24(27)28)10-17(15)21(23)26/h5-8,10-11,18H,3-4,9,12H2,1-2H3/t18-/m1/s1. The second kappa shape index (κ2) is 7.75. The van der Waals surface area contributed by atoms with Gasteiger partial charge in [0.2, 0.25) is 0 Å². The highest BCUT2D eigenvalue weighted by Crippen LogP contribution is 2.39. The van der Waals surface area contributed by atoms with Crippen LogP contribution >= 0.6 is 0 Å². The quantitative estimate of drug-likeness (QED) is 0.409. The molecule has 9 heteroatoms. The minimum absolute atomic E-state index is 0.0236. The van der Waals surface area contributed by atoms with E-state index in [4.69, 9.17) is 9.47 Å². The zero-order valence-corrected chi connectivity index (χ0v) is 16.7. The number of ether oxygens (including phenoxy) is 2. The van der Waals surface area contributed by atoms with E-state index in [9.17, 15) is 19.7 Å². The normalized spacial score (nSPS) is 18.6. The molecular weight excluding hydrogens is 390 g/mol. The van der Waals surface area contributed by atoms with E-state index in [-0.39, 0.29) is 29.5 Å². The van der Waals surface area contributed by atoms with E-state index in [1.165, 1.54) is 18.2 Å². The van der Waals surface area contributed by atoms with Crippen LogP contribution in [-0.2, 0) is 0 Å². The Bertz CT molecular complexity index is 1040. The number of benzene rings is 2. The second-order valence-corrected chi connectivity index (χ2v) is 7.25. The van der Waals surface area contributed by atoms with E-state index in [1.807, 2.05) is 18.2 Å². The second-order valence-electron chi connectivity index (χ2n) is 7.25. The molecule has 1 fully saturated rings. The Labute approximate surface area is 172 Å². The van der Waals surface area contributed by atoms with E-state index in [2.05, 4.69) is 4.90 Å². The van der Waals surface area contributed by atoms with Crippen LogP contribution in [0.25, 0.3) is 0 Å². The summed E-state index contributed by atoms with van der Waals surface area (Å²) in [5.74, 6) is 0.426. The molecule has 2 aromatic carbocycles. The first-order chi connectivity index (χ1) is 14.4. The van der Waals surface area contributed by atoms with Gasteiger partial charge in [-0.2, -0.15) is 0 Å². The molecule has 2 heterocycles. The number of rotatable bonds is 6. The fraction of sp³-hybridized carbons (Fsp3) is 0.333. The number of non-ortho nitro benzene ring substituents is 1. The monoisotopic (exact) mass is 411 g/mol. The van der Waals surface area contributed by atoms with Crippen molar-refractivity contribution in [2.45, 2.75) is 18.9 Å². The Morgan fingerprint density at radius 1 is 1.07 bits per heavy atom. The van der Waals surface area contributed by atoms with Gasteiger partial charge in [0.05, 0.1) is 36.9 Å². The van der Waals surface area contributed by atoms with Gasteiger partial charge in [0.25, 0.3) is 17.5 Å². The lowest BCUT2D eigenvalue weighted by Crippen LogP contribution is -2.41. The Balaban J connectivity index is 1.59. The van der Waals surface area contributed by atoms with E-state index in [1.54, 1.807) is 14.2 Å². The lowest BCUT2D eigenvalue weighted by atomic mass is 10.0. The molecule has 1 atom stereocenters. The summed E-state index contributed by atoms with van der Waals surface area (Å²) in [6.07, 6.45) is 1.77. The summed E-state index contributed by atoms with van der Waals surface area (Å²) in [5.41, 5.74) is 1.03. The third-order valence-electron chi connectivity index (χ3n) is 5.65. The van der Waals surface area contributed by atoms with Gasteiger partial charge in [-0.1, -0.05) is 6.07 Å². The van der Waals surface area contributed by atoms with Crippen molar-refractivity contribution in [2.75, 3.05) is 27.4 Å². The fourth-order valence-electron chi connectivity index (χ4n) is 4.14. The summed E-state index contributed by atoms with van der Waals surface area (Å²) in [5, 5.41) is 11.0. The Hall–Kier alpha value is -3.46. The molecule has 30 heavy (non-hydrogen) atoms. The number of amides is 2. The van der Waals surface area contributed by atoms with Crippen molar-refractivity contribution in [3.05, 3.63) is 63.2 Å². The van der Waals surface area contributed by atoms with Crippen LogP contribution in [0.1, 0.15) is 45.2 Å². The molecule has 156 valence electrons. The van der Waals surface area contributed by atoms with Crippen molar-refractivity contribution in [3.8, 4) is 11.5 Å². The molecule has 2 aliphatic rings. The van der Waals surface area contributed by atoms with Crippen molar-refractivity contribution in [1.82, 2.24) is 9.80 Å². The molecule has 4 rings (SSSR count). The van der Waals surface area contributed by atoms with Crippen molar-refractivity contribution in [2.24, 2.45) is 0 Å². The van der Waals surface area contributed by atoms with Gasteiger partial charge in [-0.25, -0.2) is 0 Å². The molecule has 0 saturated carbocycles.